The van der Waals surface area contributed by atoms with Crippen LogP contribution < -0.4 is 5.56 Å². The van der Waals surface area contributed by atoms with Gasteiger partial charge < -0.3 is 0 Å². The molecule has 0 aliphatic rings. The van der Waals surface area contributed by atoms with E-state index in [1.165, 1.54) is 22.8 Å². The number of hydrogen-bond donors (Lipinski definition) is 0. The van der Waals surface area contributed by atoms with Crippen molar-refractivity contribution in [3.8, 4) is 34.1 Å². The van der Waals surface area contributed by atoms with Gasteiger partial charge in [0.2, 0.25) is 0 Å². The molecule has 4 aromatic rings. The molecule has 0 saturated carbocycles. The molecule has 30 heavy (non-hydrogen) atoms. The van der Waals surface area contributed by atoms with Crippen LogP contribution in [0.5, 0.6) is 0 Å². The van der Waals surface area contributed by atoms with Gasteiger partial charge in [-0.3, -0.25) is 24.5 Å². The molecular weight excluding hydrogens is 380 g/mol. The van der Waals surface area contributed by atoms with Crippen molar-refractivity contribution in [1.29, 1.82) is 5.26 Å². The van der Waals surface area contributed by atoms with Crippen LogP contribution in [-0.4, -0.2) is 14.5 Å². The van der Waals surface area contributed by atoms with Crippen LogP contribution >= 0.6 is 0 Å². The number of aromatic nitrogens is 2. The fourth-order valence-corrected chi connectivity index (χ4v) is 3.21. The summed E-state index contributed by atoms with van der Waals surface area (Å²) < 4.78 is 1.35. The number of non-ortho nitro benzene ring substituents is 1. The zero-order chi connectivity index (χ0) is 21.1. The summed E-state index contributed by atoms with van der Waals surface area (Å²) in [6.07, 6.45) is 3.24. The molecular formula is C23H14N4O3. The second-order valence-electron chi connectivity index (χ2n) is 6.47. The molecule has 0 saturated heterocycles. The molecule has 2 heterocycles. The first-order valence-corrected chi connectivity index (χ1v) is 9.01. The number of hydrogen-bond acceptors (Lipinski definition) is 5. The molecule has 2 aromatic heterocycles. The molecule has 7 heteroatoms. The number of rotatable bonds is 4. The third-order valence-corrected chi connectivity index (χ3v) is 4.63. The summed E-state index contributed by atoms with van der Waals surface area (Å²) in [6, 6.07) is 21.9. The smallest absolute Gasteiger partial charge is 0.271 e. The van der Waals surface area contributed by atoms with Crippen LogP contribution in [0.3, 0.4) is 0 Å². The topological polar surface area (TPSA) is 102 Å². The highest BCUT2D eigenvalue weighted by atomic mass is 16.6. The Kier molecular flexibility index (Phi) is 4.89. The van der Waals surface area contributed by atoms with Crippen molar-refractivity contribution in [3.63, 3.8) is 0 Å². The van der Waals surface area contributed by atoms with Crippen molar-refractivity contribution in [2.24, 2.45) is 0 Å². The van der Waals surface area contributed by atoms with Gasteiger partial charge in [-0.2, -0.15) is 5.26 Å². The Hall–Kier alpha value is -4.57. The zero-order valence-corrected chi connectivity index (χ0v) is 15.6. The molecule has 0 N–H and O–H groups in total. The minimum absolute atomic E-state index is 0.124. The van der Waals surface area contributed by atoms with Gasteiger partial charge in [-0.05, 0) is 30.3 Å². The fraction of sp³-hybridized carbons (Fsp3) is 0. The lowest BCUT2D eigenvalue weighted by molar-refractivity contribution is -0.384. The molecule has 0 unspecified atom stereocenters. The van der Waals surface area contributed by atoms with Gasteiger partial charge in [0.25, 0.3) is 11.2 Å². The third-order valence-electron chi connectivity index (χ3n) is 4.63. The standard InChI is InChI=1S/C23H14N4O3/c24-14-16-6-1-2-9-20(16)21-12-17(22-10-3-4-11-25-22)15-26(23(21)28)18-7-5-8-19(13-18)27(29)30/h1-13,15H. The van der Waals surface area contributed by atoms with Crippen LogP contribution in [-0.2, 0) is 0 Å². The minimum atomic E-state index is -0.511. The molecule has 0 aliphatic carbocycles. The van der Waals surface area contributed by atoms with E-state index in [9.17, 15) is 20.2 Å². The number of nitrogens with zero attached hydrogens (tertiary/aromatic N) is 4. The van der Waals surface area contributed by atoms with E-state index in [1.54, 1.807) is 60.9 Å². The second kappa shape index (κ2) is 7.81. The van der Waals surface area contributed by atoms with E-state index in [2.05, 4.69) is 11.1 Å². The van der Waals surface area contributed by atoms with E-state index >= 15 is 0 Å². The number of nitriles is 1. The Morgan fingerprint density at radius 1 is 0.967 bits per heavy atom. The van der Waals surface area contributed by atoms with Gasteiger partial charge in [-0.15, -0.1) is 0 Å². The lowest BCUT2D eigenvalue weighted by Crippen LogP contribution is -2.20. The van der Waals surface area contributed by atoms with E-state index in [0.717, 1.165) is 0 Å². The number of nitro groups is 1. The molecule has 7 nitrogen and oxygen atoms in total. The first-order valence-electron chi connectivity index (χ1n) is 9.01. The predicted molar refractivity (Wildman–Crippen MR) is 112 cm³/mol. The predicted octanol–water partition coefficient (Wildman–Crippen LogP) is 4.35. The van der Waals surface area contributed by atoms with Gasteiger partial charge in [0.05, 0.1) is 27.9 Å². The molecule has 0 atom stereocenters. The molecule has 0 amide bonds. The van der Waals surface area contributed by atoms with Crippen molar-refractivity contribution in [1.82, 2.24) is 9.55 Å². The summed E-state index contributed by atoms with van der Waals surface area (Å²) in [5.74, 6) is 0. The first-order chi connectivity index (χ1) is 14.6. The Labute approximate surface area is 171 Å². The average Bonchev–Trinajstić information content (AvgIpc) is 2.80. The minimum Gasteiger partial charge on any atom is -0.283 e. The lowest BCUT2D eigenvalue weighted by atomic mass is 9.99. The summed E-state index contributed by atoms with van der Waals surface area (Å²) in [4.78, 5) is 28.4. The Balaban J connectivity index is 2.04. The van der Waals surface area contributed by atoms with E-state index in [1.807, 2.05) is 6.07 Å². The molecule has 2 aromatic carbocycles. The van der Waals surface area contributed by atoms with Crippen LogP contribution in [0.1, 0.15) is 5.56 Å². The fourth-order valence-electron chi connectivity index (χ4n) is 3.21. The van der Waals surface area contributed by atoms with Crippen molar-refractivity contribution in [3.05, 3.63) is 111 Å². The number of nitro benzene ring substituents is 1. The Morgan fingerprint density at radius 2 is 1.77 bits per heavy atom. The van der Waals surface area contributed by atoms with Gasteiger partial charge >= 0.3 is 0 Å². The van der Waals surface area contributed by atoms with Crippen molar-refractivity contribution in [2.75, 3.05) is 0 Å². The molecule has 0 bridgehead atoms. The Morgan fingerprint density at radius 3 is 2.50 bits per heavy atom. The SMILES string of the molecule is N#Cc1ccccc1-c1cc(-c2ccccn2)cn(-c2cccc([N+](=O)[O-])c2)c1=O. The molecule has 0 spiro atoms. The molecule has 0 aliphatic heterocycles. The van der Waals surface area contributed by atoms with Gasteiger partial charge in [0.15, 0.2) is 0 Å². The zero-order valence-electron chi connectivity index (χ0n) is 15.6. The van der Waals surface area contributed by atoms with Gasteiger partial charge in [0, 0.05) is 41.2 Å². The largest absolute Gasteiger partial charge is 0.283 e. The average molecular weight is 394 g/mol. The van der Waals surface area contributed by atoms with Crippen LogP contribution in [0.2, 0.25) is 0 Å². The maximum atomic E-state index is 13.4. The summed E-state index contributed by atoms with van der Waals surface area (Å²) >= 11 is 0. The van der Waals surface area contributed by atoms with Crippen LogP contribution in [0.15, 0.2) is 90.0 Å². The van der Waals surface area contributed by atoms with Gasteiger partial charge in [-0.1, -0.05) is 30.3 Å². The molecule has 4 rings (SSSR count). The van der Waals surface area contributed by atoms with Crippen molar-refractivity contribution < 1.29 is 4.92 Å². The van der Waals surface area contributed by atoms with Gasteiger partial charge in [-0.25, -0.2) is 0 Å². The highest BCUT2D eigenvalue weighted by Gasteiger charge is 2.16. The van der Waals surface area contributed by atoms with Gasteiger partial charge in [0.1, 0.15) is 0 Å². The van der Waals surface area contributed by atoms with E-state index in [0.29, 0.717) is 33.6 Å². The molecule has 144 valence electrons. The number of benzene rings is 2. The molecule has 0 fully saturated rings. The maximum absolute atomic E-state index is 13.4. The monoisotopic (exact) mass is 394 g/mol. The van der Waals surface area contributed by atoms with Crippen LogP contribution in [0.25, 0.3) is 28.1 Å². The second-order valence-corrected chi connectivity index (χ2v) is 6.47. The van der Waals surface area contributed by atoms with E-state index in [-0.39, 0.29) is 5.69 Å². The van der Waals surface area contributed by atoms with Crippen LogP contribution in [0, 0.1) is 21.4 Å². The van der Waals surface area contributed by atoms with Crippen molar-refractivity contribution >= 4 is 5.69 Å². The summed E-state index contributed by atoms with van der Waals surface area (Å²) in [5, 5.41) is 20.7. The first kappa shape index (κ1) is 18.8. The quantitative estimate of drug-likeness (QED) is 0.378. The lowest BCUT2D eigenvalue weighted by Gasteiger charge is -2.13. The van der Waals surface area contributed by atoms with Crippen LogP contribution in [0.4, 0.5) is 5.69 Å². The maximum Gasteiger partial charge on any atom is 0.271 e. The highest BCUT2D eigenvalue weighted by molar-refractivity contribution is 5.75. The summed E-state index contributed by atoms with van der Waals surface area (Å²) in [6.45, 7) is 0. The highest BCUT2D eigenvalue weighted by Crippen LogP contribution is 2.26. The van der Waals surface area contributed by atoms with E-state index in [4.69, 9.17) is 0 Å². The van der Waals surface area contributed by atoms with E-state index < -0.39 is 10.5 Å². The normalized spacial score (nSPS) is 10.4. The summed E-state index contributed by atoms with van der Waals surface area (Å²) in [5.41, 5.74) is 2.26. The molecule has 0 radical (unpaired) electrons. The Bertz CT molecular complexity index is 1350. The summed E-state index contributed by atoms with van der Waals surface area (Å²) in [7, 11) is 0. The third kappa shape index (κ3) is 3.45. The number of pyridine rings is 2. The van der Waals surface area contributed by atoms with Crippen molar-refractivity contribution in [2.45, 2.75) is 0 Å².